The van der Waals surface area contributed by atoms with E-state index in [9.17, 15) is 13.6 Å². The molecular weight excluding hydrogens is 204 g/mol. The number of halogens is 2. The standard InChI is InChI=1S/C10H15F2NO2/c1-2-15-8(14)7-3-9(6-13-7)4-10(11,12)5-9/h7,13H,2-6H2,1H3/t7-/m0/s1. The highest BCUT2D eigenvalue weighted by Gasteiger charge is 2.59. The first-order valence-electron chi connectivity index (χ1n) is 5.24. The van der Waals surface area contributed by atoms with Gasteiger partial charge in [0, 0.05) is 19.4 Å². The van der Waals surface area contributed by atoms with E-state index < -0.39 is 5.92 Å². The van der Waals surface area contributed by atoms with Crippen LogP contribution in [0.2, 0.25) is 0 Å². The minimum absolute atomic E-state index is 0.0943. The Morgan fingerprint density at radius 2 is 2.20 bits per heavy atom. The number of rotatable bonds is 2. The second kappa shape index (κ2) is 3.40. The largest absolute Gasteiger partial charge is 0.465 e. The summed E-state index contributed by atoms with van der Waals surface area (Å²) >= 11 is 0. The number of ether oxygens (including phenoxy) is 1. The molecule has 1 aliphatic heterocycles. The molecule has 3 nitrogen and oxygen atoms in total. The van der Waals surface area contributed by atoms with Gasteiger partial charge in [0.2, 0.25) is 5.92 Å². The van der Waals surface area contributed by atoms with Gasteiger partial charge >= 0.3 is 5.97 Å². The van der Waals surface area contributed by atoms with Gasteiger partial charge in [-0.05, 0) is 18.8 Å². The summed E-state index contributed by atoms with van der Waals surface area (Å²) in [5.41, 5.74) is -0.360. The number of alkyl halides is 2. The zero-order valence-electron chi connectivity index (χ0n) is 8.69. The van der Waals surface area contributed by atoms with E-state index in [1.807, 2.05) is 0 Å². The third kappa shape index (κ3) is 1.97. The zero-order chi connectivity index (χ0) is 11.1. The Bertz CT molecular complexity index is 273. The molecule has 2 aliphatic rings. The molecule has 15 heavy (non-hydrogen) atoms. The van der Waals surface area contributed by atoms with Crippen LogP contribution in [0.1, 0.15) is 26.2 Å². The molecule has 1 atom stereocenters. The van der Waals surface area contributed by atoms with Crippen LogP contribution in [0, 0.1) is 5.41 Å². The monoisotopic (exact) mass is 219 g/mol. The fraction of sp³-hybridized carbons (Fsp3) is 0.900. The SMILES string of the molecule is CCOC(=O)[C@@H]1CC2(CN1)CC(F)(F)C2. The van der Waals surface area contributed by atoms with Crippen molar-refractivity contribution in [2.24, 2.45) is 5.41 Å². The Balaban J connectivity index is 1.88. The molecule has 1 heterocycles. The Kier molecular flexibility index (Phi) is 2.45. The minimum Gasteiger partial charge on any atom is -0.465 e. The smallest absolute Gasteiger partial charge is 0.323 e. The van der Waals surface area contributed by atoms with Crippen LogP contribution < -0.4 is 5.32 Å². The third-order valence-electron chi connectivity index (χ3n) is 3.20. The van der Waals surface area contributed by atoms with E-state index in [-0.39, 0.29) is 30.3 Å². The summed E-state index contributed by atoms with van der Waals surface area (Å²) in [6.07, 6.45) is 0.299. The maximum Gasteiger partial charge on any atom is 0.323 e. The van der Waals surface area contributed by atoms with E-state index in [1.54, 1.807) is 6.92 Å². The van der Waals surface area contributed by atoms with Gasteiger partial charge in [0.25, 0.3) is 0 Å². The lowest BCUT2D eigenvalue weighted by Gasteiger charge is -2.44. The van der Waals surface area contributed by atoms with Gasteiger partial charge in [-0.25, -0.2) is 8.78 Å². The molecule has 1 saturated carbocycles. The lowest BCUT2D eigenvalue weighted by atomic mass is 9.65. The Morgan fingerprint density at radius 3 is 2.73 bits per heavy atom. The molecule has 0 unspecified atom stereocenters. The summed E-state index contributed by atoms with van der Waals surface area (Å²) in [6, 6.07) is -0.388. The average molecular weight is 219 g/mol. The molecular formula is C10H15F2NO2. The molecule has 5 heteroatoms. The fourth-order valence-corrected chi connectivity index (χ4v) is 2.64. The predicted octanol–water partition coefficient (Wildman–Crippen LogP) is 1.33. The van der Waals surface area contributed by atoms with E-state index in [2.05, 4.69) is 5.32 Å². The molecule has 0 aromatic rings. The molecule has 0 radical (unpaired) electrons. The average Bonchev–Trinajstić information content (AvgIpc) is 2.47. The molecule has 0 aromatic heterocycles. The highest BCUT2D eigenvalue weighted by Crippen LogP contribution is 2.56. The summed E-state index contributed by atoms with van der Waals surface area (Å²) in [5, 5.41) is 2.96. The fourth-order valence-electron chi connectivity index (χ4n) is 2.64. The van der Waals surface area contributed by atoms with E-state index in [1.165, 1.54) is 0 Å². The van der Waals surface area contributed by atoms with Crippen LogP contribution in [0.5, 0.6) is 0 Å². The second-order valence-corrected chi connectivity index (χ2v) is 4.60. The third-order valence-corrected chi connectivity index (χ3v) is 3.20. The van der Waals surface area contributed by atoms with Crippen LogP contribution in [0.25, 0.3) is 0 Å². The van der Waals surface area contributed by atoms with Crippen LogP contribution in [0.4, 0.5) is 8.78 Å². The van der Waals surface area contributed by atoms with Gasteiger partial charge in [-0.1, -0.05) is 0 Å². The summed E-state index contributed by atoms with van der Waals surface area (Å²) in [5.74, 6) is -2.84. The summed E-state index contributed by atoms with van der Waals surface area (Å²) in [7, 11) is 0. The molecule has 2 rings (SSSR count). The Hall–Kier alpha value is -0.710. The van der Waals surface area contributed by atoms with Gasteiger partial charge in [0.15, 0.2) is 0 Å². The van der Waals surface area contributed by atoms with Crippen molar-refractivity contribution in [1.29, 1.82) is 0 Å². The molecule has 86 valence electrons. The lowest BCUT2D eigenvalue weighted by Crippen LogP contribution is -2.47. The zero-order valence-corrected chi connectivity index (χ0v) is 8.69. The Morgan fingerprint density at radius 1 is 1.53 bits per heavy atom. The molecule has 1 saturated heterocycles. The number of hydrogen-bond donors (Lipinski definition) is 1. The molecule has 0 amide bonds. The van der Waals surface area contributed by atoms with E-state index in [0.717, 1.165) is 0 Å². The maximum atomic E-state index is 12.8. The second-order valence-electron chi connectivity index (χ2n) is 4.60. The number of nitrogens with one attached hydrogen (secondary N) is 1. The van der Waals surface area contributed by atoms with Crippen molar-refractivity contribution in [2.75, 3.05) is 13.2 Å². The quantitative estimate of drug-likeness (QED) is 0.712. The van der Waals surface area contributed by atoms with E-state index >= 15 is 0 Å². The molecule has 1 spiro atoms. The van der Waals surface area contributed by atoms with Gasteiger partial charge in [0.1, 0.15) is 6.04 Å². The van der Waals surface area contributed by atoms with Gasteiger partial charge in [0.05, 0.1) is 6.61 Å². The number of carbonyl (C=O) groups excluding carboxylic acids is 1. The van der Waals surface area contributed by atoms with Crippen LogP contribution in [0.15, 0.2) is 0 Å². The van der Waals surface area contributed by atoms with Crippen LogP contribution >= 0.6 is 0 Å². The Labute approximate surface area is 87.2 Å². The van der Waals surface area contributed by atoms with Crippen molar-refractivity contribution in [3.8, 4) is 0 Å². The maximum absolute atomic E-state index is 12.8. The summed E-state index contributed by atoms with van der Waals surface area (Å²) in [6.45, 7) is 2.58. The van der Waals surface area contributed by atoms with Gasteiger partial charge in [-0.3, -0.25) is 4.79 Å². The highest BCUT2D eigenvalue weighted by atomic mass is 19.3. The van der Waals surface area contributed by atoms with E-state index in [0.29, 0.717) is 19.6 Å². The van der Waals surface area contributed by atoms with Gasteiger partial charge < -0.3 is 10.1 Å². The first-order chi connectivity index (χ1) is 6.96. The van der Waals surface area contributed by atoms with Gasteiger partial charge in [-0.2, -0.15) is 0 Å². The molecule has 2 fully saturated rings. The first-order valence-corrected chi connectivity index (χ1v) is 5.24. The number of esters is 1. The van der Waals surface area contributed by atoms with Crippen molar-refractivity contribution < 1.29 is 18.3 Å². The minimum atomic E-state index is -2.52. The van der Waals surface area contributed by atoms with Crippen LogP contribution in [-0.4, -0.2) is 31.1 Å². The predicted molar refractivity (Wildman–Crippen MR) is 49.7 cm³/mol. The van der Waals surface area contributed by atoms with Crippen molar-refractivity contribution in [1.82, 2.24) is 5.32 Å². The highest BCUT2D eigenvalue weighted by molar-refractivity contribution is 5.76. The van der Waals surface area contributed by atoms with Crippen LogP contribution in [0.3, 0.4) is 0 Å². The first kappa shape index (κ1) is 10.8. The normalized spacial score (nSPS) is 31.3. The summed E-state index contributed by atoms with van der Waals surface area (Å²) in [4.78, 5) is 11.4. The molecule has 0 aromatic carbocycles. The summed E-state index contributed by atoms with van der Waals surface area (Å²) < 4.78 is 30.4. The van der Waals surface area contributed by atoms with Crippen molar-refractivity contribution >= 4 is 5.97 Å². The lowest BCUT2D eigenvalue weighted by molar-refractivity contribution is -0.158. The van der Waals surface area contributed by atoms with Gasteiger partial charge in [-0.15, -0.1) is 0 Å². The van der Waals surface area contributed by atoms with E-state index in [4.69, 9.17) is 4.74 Å². The van der Waals surface area contributed by atoms with Crippen molar-refractivity contribution in [3.05, 3.63) is 0 Å². The molecule has 1 N–H and O–H groups in total. The number of hydrogen-bond acceptors (Lipinski definition) is 3. The van der Waals surface area contributed by atoms with Crippen molar-refractivity contribution in [2.45, 2.75) is 38.2 Å². The number of carbonyl (C=O) groups is 1. The van der Waals surface area contributed by atoms with Crippen LogP contribution in [-0.2, 0) is 9.53 Å². The molecule has 0 bridgehead atoms. The molecule has 1 aliphatic carbocycles. The van der Waals surface area contributed by atoms with Crippen molar-refractivity contribution in [3.63, 3.8) is 0 Å². The topological polar surface area (TPSA) is 38.3 Å².